The number of benzene rings is 1. The molecule has 0 bridgehead atoms. The van der Waals surface area contributed by atoms with Crippen LogP contribution in [0.3, 0.4) is 0 Å². The summed E-state index contributed by atoms with van der Waals surface area (Å²) in [6, 6.07) is 2.94. The van der Waals surface area contributed by atoms with Crippen LogP contribution in [0.5, 0.6) is 5.75 Å². The minimum atomic E-state index is -0.974. The van der Waals surface area contributed by atoms with E-state index in [4.69, 9.17) is 15.6 Å². The van der Waals surface area contributed by atoms with Gasteiger partial charge >= 0.3 is 5.97 Å². The number of hydrogen-bond donors (Lipinski definition) is 2. The number of ether oxygens (including phenoxy) is 1. The smallest absolute Gasteiger partial charge is 0.320 e. The Morgan fingerprint density at radius 2 is 2.35 bits per heavy atom. The van der Waals surface area contributed by atoms with Crippen molar-refractivity contribution in [2.45, 2.75) is 25.3 Å². The van der Waals surface area contributed by atoms with Crippen LogP contribution in [0.4, 0.5) is 0 Å². The van der Waals surface area contributed by atoms with Crippen LogP contribution in [0.25, 0.3) is 0 Å². The number of nitrogens with two attached hydrogens (primary N) is 1. The number of carboxylic acids is 1. The number of carboxylic acid groups (broad SMARTS) is 1. The van der Waals surface area contributed by atoms with Gasteiger partial charge in [-0.2, -0.15) is 0 Å². The van der Waals surface area contributed by atoms with Crippen molar-refractivity contribution in [3.8, 4) is 5.75 Å². The Balaban J connectivity index is 2.32. The summed E-state index contributed by atoms with van der Waals surface area (Å²) in [5.74, 6) is -0.135. The van der Waals surface area contributed by atoms with E-state index in [1.807, 2.05) is 12.1 Å². The topological polar surface area (TPSA) is 72.5 Å². The van der Waals surface area contributed by atoms with E-state index in [2.05, 4.69) is 15.9 Å². The van der Waals surface area contributed by atoms with E-state index in [9.17, 15) is 4.79 Å². The van der Waals surface area contributed by atoms with E-state index in [-0.39, 0.29) is 0 Å². The molecule has 17 heavy (non-hydrogen) atoms. The fourth-order valence-electron chi connectivity index (χ4n) is 2.01. The molecule has 0 radical (unpaired) electrons. The predicted molar refractivity (Wildman–Crippen MR) is 67.3 cm³/mol. The molecule has 0 saturated carbocycles. The molecule has 0 fully saturated rings. The second-order valence-corrected chi connectivity index (χ2v) is 4.97. The van der Waals surface area contributed by atoms with Gasteiger partial charge in [0, 0.05) is 0 Å². The van der Waals surface area contributed by atoms with Gasteiger partial charge in [-0.1, -0.05) is 6.07 Å². The van der Waals surface area contributed by atoms with Gasteiger partial charge in [0.25, 0.3) is 0 Å². The first-order valence-corrected chi connectivity index (χ1v) is 6.30. The summed E-state index contributed by atoms with van der Waals surface area (Å²) in [4.78, 5) is 10.8. The van der Waals surface area contributed by atoms with Crippen LogP contribution >= 0.6 is 15.9 Å². The monoisotopic (exact) mass is 299 g/mol. The van der Waals surface area contributed by atoms with Gasteiger partial charge in [-0.15, -0.1) is 0 Å². The van der Waals surface area contributed by atoms with Crippen molar-refractivity contribution in [3.05, 3.63) is 27.7 Å². The fraction of sp³-hybridized carbons (Fsp3) is 0.417. The molecule has 1 unspecified atom stereocenters. The van der Waals surface area contributed by atoms with Gasteiger partial charge in [0.1, 0.15) is 11.8 Å². The minimum absolute atomic E-state index is 0.342. The van der Waals surface area contributed by atoms with Gasteiger partial charge in [0.2, 0.25) is 0 Å². The largest absolute Gasteiger partial charge is 0.492 e. The molecule has 92 valence electrons. The van der Waals surface area contributed by atoms with Crippen LogP contribution < -0.4 is 10.5 Å². The maximum atomic E-state index is 10.8. The third-order valence-electron chi connectivity index (χ3n) is 2.88. The lowest BCUT2D eigenvalue weighted by Crippen LogP contribution is -2.32. The number of aliphatic carboxylic acids is 1. The van der Waals surface area contributed by atoms with Crippen LogP contribution in [0.2, 0.25) is 0 Å². The third kappa shape index (κ3) is 2.61. The summed E-state index contributed by atoms with van der Waals surface area (Å²) in [5, 5.41) is 8.84. The van der Waals surface area contributed by atoms with Crippen LogP contribution in [0.15, 0.2) is 16.6 Å². The predicted octanol–water partition coefficient (Wildman–Crippen LogP) is 1.73. The minimum Gasteiger partial charge on any atom is -0.492 e. The summed E-state index contributed by atoms with van der Waals surface area (Å²) in [6.07, 6.45) is 2.21. The molecule has 0 aliphatic carbocycles. The molecule has 0 spiro atoms. The average molecular weight is 300 g/mol. The zero-order valence-corrected chi connectivity index (χ0v) is 10.9. The van der Waals surface area contributed by atoms with Crippen LogP contribution in [-0.4, -0.2) is 23.7 Å². The van der Waals surface area contributed by atoms with Crippen molar-refractivity contribution in [3.63, 3.8) is 0 Å². The maximum Gasteiger partial charge on any atom is 0.320 e. The molecule has 3 N–H and O–H groups in total. The van der Waals surface area contributed by atoms with Crippen molar-refractivity contribution in [2.75, 3.05) is 6.61 Å². The van der Waals surface area contributed by atoms with Gasteiger partial charge in [-0.25, -0.2) is 0 Å². The first-order chi connectivity index (χ1) is 8.09. The number of halogens is 1. The van der Waals surface area contributed by atoms with Gasteiger partial charge in [0.05, 0.1) is 11.1 Å². The number of hydrogen-bond acceptors (Lipinski definition) is 3. The standard InChI is InChI=1S/C12H14BrNO3/c13-9-4-3-7(6-10(14)12(15)16)8-2-1-5-17-11(8)9/h3-4,10H,1-2,5-6,14H2,(H,15,16). The molecule has 4 nitrogen and oxygen atoms in total. The number of carbonyl (C=O) groups is 1. The third-order valence-corrected chi connectivity index (χ3v) is 3.51. The van der Waals surface area contributed by atoms with Crippen molar-refractivity contribution in [2.24, 2.45) is 5.73 Å². The van der Waals surface area contributed by atoms with E-state index in [0.717, 1.165) is 34.2 Å². The van der Waals surface area contributed by atoms with Crippen molar-refractivity contribution in [1.82, 2.24) is 0 Å². The Hall–Kier alpha value is -1.07. The molecule has 1 heterocycles. The van der Waals surface area contributed by atoms with E-state index in [1.54, 1.807) is 0 Å². The quantitative estimate of drug-likeness (QED) is 0.891. The van der Waals surface area contributed by atoms with Gasteiger partial charge in [-0.05, 0) is 52.4 Å². The first kappa shape index (κ1) is 12.4. The maximum absolute atomic E-state index is 10.8. The highest BCUT2D eigenvalue weighted by molar-refractivity contribution is 9.10. The molecule has 1 aliphatic heterocycles. The van der Waals surface area contributed by atoms with Gasteiger partial charge in [0.15, 0.2) is 0 Å². The molecule has 0 saturated heterocycles. The second kappa shape index (κ2) is 5.06. The summed E-state index contributed by atoms with van der Waals surface area (Å²) >= 11 is 3.44. The lowest BCUT2D eigenvalue weighted by Gasteiger charge is -2.22. The average Bonchev–Trinajstić information content (AvgIpc) is 2.33. The van der Waals surface area contributed by atoms with E-state index in [0.29, 0.717) is 13.0 Å². The van der Waals surface area contributed by atoms with E-state index >= 15 is 0 Å². The van der Waals surface area contributed by atoms with E-state index in [1.165, 1.54) is 0 Å². The summed E-state index contributed by atoms with van der Waals surface area (Å²) in [5.41, 5.74) is 7.62. The zero-order valence-electron chi connectivity index (χ0n) is 9.28. The molecule has 0 amide bonds. The Bertz CT molecular complexity index is 448. The second-order valence-electron chi connectivity index (χ2n) is 4.12. The highest BCUT2D eigenvalue weighted by Crippen LogP contribution is 2.35. The SMILES string of the molecule is NC(Cc1ccc(Br)c2c1CCCO2)C(=O)O. The molecule has 1 aromatic rings. The van der Waals surface area contributed by atoms with Crippen molar-refractivity contribution in [1.29, 1.82) is 0 Å². The molecule has 1 aromatic carbocycles. The fourth-order valence-corrected chi connectivity index (χ4v) is 2.49. The molecule has 2 rings (SSSR count). The molecular weight excluding hydrogens is 286 g/mol. The first-order valence-electron chi connectivity index (χ1n) is 5.51. The van der Waals surface area contributed by atoms with Crippen molar-refractivity contribution < 1.29 is 14.6 Å². The van der Waals surface area contributed by atoms with Gasteiger partial charge < -0.3 is 15.6 Å². The van der Waals surface area contributed by atoms with Gasteiger partial charge in [-0.3, -0.25) is 4.79 Å². The summed E-state index contributed by atoms with van der Waals surface area (Å²) in [7, 11) is 0. The molecule has 5 heteroatoms. The Morgan fingerprint density at radius 3 is 3.06 bits per heavy atom. The summed E-state index contributed by atoms with van der Waals surface area (Å²) < 4.78 is 6.52. The van der Waals surface area contributed by atoms with Crippen LogP contribution in [0, 0.1) is 0 Å². The molecule has 0 aromatic heterocycles. The zero-order chi connectivity index (χ0) is 12.4. The Kier molecular flexibility index (Phi) is 3.69. The number of rotatable bonds is 3. The normalized spacial score (nSPS) is 15.9. The van der Waals surface area contributed by atoms with Crippen LogP contribution in [0.1, 0.15) is 17.5 Å². The lowest BCUT2D eigenvalue weighted by molar-refractivity contribution is -0.138. The number of fused-ring (bicyclic) bond motifs is 1. The Morgan fingerprint density at radius 1 is 1.59 bits per heavy atom. The van der Waals surface area contributed by atoms with Crippen LogP contribution in [-0.2, 0) is 17.6 Å². The highest BCUT2D eigenvalue weighted by atomic mass is 79.9. The van der Waals surface area contributed by atoms with Crippen molar-refractivity contribution >= 4 is 21.9 Å². The lowest BCUT2D eigenvalue weighted by atomic mass is 9.95. The highest BCUT2D eigenvalue weighted by Gasteiger charge is 2.20. The molecular formula is C12H14BrNO3. The molecule has 1 aliphatic rings. The summed E-state index contributed by atoms with van der Waals surface area (Å²) in [6.45, 7) is 0.708. The molecule has 1 atom stereocenters. The van der Waals surface area contributed by atoms with E-state index < -0.39 is 12.0 Å². The Labute approximate surface area is 108 Å².